The lowest BCUT2D eigenvalue weighted by molar-refractivity contribution is 0.100. The Hall–Kier alpha value is -0.910. The van der Waals surface area contributed by atoms with Gasteiger partial charge in [0.15, 0.2) is 12.1 Å². The average molecular weight is 304 g/mol. The summed E-state index contributed by atoms with van der Waals surface area (Å²) in [5.41, 5.74) is 0.836. The highest BCUT2D eigenvalue weighted by Crippen LogP contribution is 2.23. The number of methoxy groups -OCH3 is 1. The number of carbonyl (C=O) groups excluding carboxylic acids is 2. The van der Waals surface area contributed by atoms with E-state index in [0.29, 0.717) is 23.2 Å². The van der Waals surface area contributed by atoms with E-state index in [1.54, 1.807) is 12.1 Å². The van der Waals surface area contributed by atoms with Crippen LogP contribution in [0.5, 0.6) is 5.75 Å². The normalized spacial score (nSPS) is 9.64. The third-order valence-electron chi connectivity index (χ3n) is 1.84. The average Bonchev–Trinajstić information content (AvgIpc) is 2.16. The maximum Gasteiger partial charge on any atom is 0.160 e. The first-order valence-electron chi connectivity index (χ1n) is 3.93. The topological polar surface area (TPSA) is 43.4 Å². The minimum Gasteiger partial charge on any atom is -0.497 e. The Bertz CT molecular complexity index is 385. The molecule has 1 aromatic carbocycles. The predicted octanol–water partition coefficient (Wildman–Crippen LogP) is 2.31. The van der Waals surface area contributed by atoms with Crippen LogP contribution in [-0.4, -0.2) is 19.2 Å². The predicted molar refractivity (Wildman–Crippen MR) is 61.1 cm³/mol. The number of benzene rings is 1. The van der Waals surface area contributed by atoms with Crippen LogP contribution in [0, 0.1) is 3.57 Å². The smallest absolute Gasteiger partial charge is 0.160 e. The van der Waals surface area contributed by atoms with Crippen molar-refractivity contribution >= 4 is 34.7 Å². The van der Waals surface area contributed by atoms with Gasteiger partial charge in [0.1, 0.15) is 5.75 Å². The summed E-state index contributed by atoms with van der Waals surface area (Å²) in [7, 11) is 1.52. The molecule has 1 rings (SSSR count). The molecule has 0 amide bonds. The number of rotatable bonds is 3. The molecule has 0 spiro atoms. The Balaban J connectivity index is 3.43. The summed E-state index contributed by atoms with van der Waals surface area (Å²) in [4.78, 5) is 22.0. The van der Waals surface area contributed by atoms with Crippen LogP contribution in [-0.2, 0) is 0 Å². The number of ether oxygens (including phenoxy) is 1. The van der Waals surface area contributed by atoms with Crippen LogP contribution in [0.2, 0.25) is 0 Å². The maximum atomic E-state index is 11.2. The van der Waals surface area contributed by atoms with Gasteiger partial charge in [-0.15, -0.1) is 0 Å². The number of halogens is 1. The monoisotopic (exact) mass is 304 g/mol. The molecule has 14 heavy (non-hydrogen) atoms. The van der Waals surface area contributed by atoms with Gasteiger partial charge >= 0.3 is 0 Å². The van der Waals surface area contributed by atoms with Crippen molar-refractivity contribution in [3.05, 3.63) is 26.8 Å². The minimum absolute atomic E-state index is 0.135. The summed E-state index contributed by atoms with van der Waals surface area (Å²) in [6.07, 6.45) is 0.692. The summed E-state index contributed by atoms with van der Waals surface area (Å²) in [5, 5.41) is 0. The lowest BCUT2D eigenvalue weighted by Gasteiger charge is -2.06. The quantitative estimate of drug-likeness (QED) is 0.489. The fraction of sp³-hybridized carbons (Fsp3) is 0.200. The Morgan fingerprint density at radius 1 is 1.50 bits per heavy atom. The number of hydrogen-bond donors (Lipinski definition) is 0. The van der Waals surface area contributed by atoms with Crippen LogP contribution in [0.1, 0.15) is 27.6 Å². The zero-order valence-corrected chi connectivity index (χ0v) is 9.99. The molecule has 0 aromatic heterocycles. The number of hydrogen-bond acceptors (Lipinski definition) is 3. The van der Waals surface area contributed by atoms with Crippen molar-refractivity contribution in [1.29, 1.82) is 0 Å². The Kier molecular flexibility index (Phi) is 3.62. The van der Waals surface area contributed by atoms with Crippen molar-refractivity contribution in [3.8, 4) is 5.75 Å². The second-order valence-electron chi connectivity index (χ2n) is 2.74. The molecule has 0 aliphatic heterocycles. The van der Waals surface area contributed by atoms with Crippen molar-refractivity contribution in [2.45, 2.75) is 6.92 Å². The molecule has 0 radical (unpaired) electrons. The second kappa shape index (κ2) is 4.54. The minimum atomic E-state index is -0.135. The van der Waals surface area contributed by atoms with E-state index in [0.717, 1.165) is 3.57 Å². The van der Waals surface area contributed by atoms with E-state index in [4.69, 9.17) is 4.74 Å². The standard InChI is InChI=1S/C10H9IO3/c1-6(13)8-3-7(14-2)4-10(11)9(8)5-12/h3-5H,1-2H3. The van der Waals surface area contributed by atoms with Gasteiger partial charge in [-0.1, -0.05) is 0 Å². The van der Waals surface area contributed by atoms with Gasteiger partial charge in [0, 0.05) is 14.7 Å². The fourth-order valence-corrected chi connectivity index (χ4v) is 1.85. The van der Waals surface area contributed by atoms with Crippen LogP contribution in [0.3, 0.4) is 0 Å². The van der Waals surface area contributed by atoms with Gasteiger partial charge in [0.05, 0.1) is 7.11 Å². The van der Waals surface area contributed by atoms with E-state index in [-0.39, 0.29) is 5.78 Å². The molecule has 0 aliphatic rings. The first-order chi connectivity index (χ1) is 6.60. The van der Waals surface area contributed by atoms with Gasteiger partial charge in [-0.05, 0) is 41.6 Å². The second-order valence-corrected chi connectivity index (χ2v) is 3.91. The highest BCUT2D eigenvalue weighted by Gasteiger charge is 2.12. The van der Waals surface area contributed by atoms with E-state index < -0.39 is 0 Å². The van der Waals surface area contributed by atoms with Crippen LogP contribution in [0.15, 0.2) is 12.1 Å². The van der Waals surface area contributed by atoms with Crippen molar-refractivity contribution in [2.24, 2.45) is 0 Å². The molecule has 0 saturated carbocycles. The largest absolute Gasteiger partial charge is 0.497 e. The van der Waals surface area contributed by atoms with Crippen LogP contribution >= 0.6 is 22.6 Å². The Morgan fingerprint density at radius 2 is 2.14 bits per heavy atom. The summed E-state index contributed by atoms with van der Waals surface area (Å²) >= 11 is 2.00. The van der Waals surface area contributed by atoms with Gasteiger partial charge in [0.25, 0.3) is 0 Å². The van der Waals surface area contributed by atoms with E-state index in [2.05, 4.69) is 0 Å². The third-order valence-corrected chi connectivity index (χ3v) is 2.73. The molecular weight excluding hydrogens is 295 g/mol. The SMILES string of the molecule is COc1cc(I)c(C=O)c(C(C)=O)c1. The van der Waals surface area contributed by atoms with Crippen molar-refractivity contribution in [3.63, 3.8) is 0 Å². The summed E-state index contributed by atoms with van der Waals surface area (Å²) < 4.78 is 5.74. The highest BCUT2D eigenvalue weighted by atomic mass is 127. The molecule has 3 nitrogen and oxygen atoms in total. The summed E-state index contributed by atoms with van der Waals surface area (Å²) in [5.74, 6) is 0.453. The first kappa shape index (κ1) is 11.2. The van der Waals surface area contributed by atoms with Crippen molar-refractivity contribution in [2.75, 3.05) is 7.11 Å². The zero-order chi connectivity index (χ0) is 10.7. The highest BCUT2D eigenvalue weighted by molar-refractivity contribution is 14.1. The Morgan fingerprint density at radius 3 is 2.57 bits per heavy atom. The van der Waals surface area contributed by atoms with Crippen molar-refractivity contribution < 1.29 is 14.3 Å². The van der Waals surface area contributed by atoms with E-state index in [1.807, 2.05) is 22.6 Å². The number of aldehydes is 1. The molecule has 1 aromatic rings. The van der Waals surface area contributed by atoms with Gasteiger partial charge in [0.2, 0.25) is 0 Å². The van der Waals surface area contributed by atoms with Gasteiger partial charge in [-0.25, -0.2) is 0 Å². The molecule has 0 heterocycles. The van der Waals surface area contributed by atoms with Gasteiger partial charge in [-0.2, -0.15) is 0 Å². The summed E-state index contributed by atoms with van der Waals surface area (Å²) in [6, 6.07) is 3.30. The molecule has 0 unspecified atom stereocenters. The molecule has 4 heteroatoms. The zero-order valence-electron chi connectivity index (χ0n) is 7.83. The maximum absolute atomic E-state index is 11.2. The number of Topliss-reactive ketones (excluding diaryl/α,β-unsaturated/α-hetero) is 1. The molecule has 0 atom stereocenters. The van der Waals surface area contributed by atoms with Gasteiger partial charge < -0.3 is 4.74 Å². The molecule has 74 valence electrons. The number of carbonyl (C=O) groups is 2. The lowest BCUT2D eigenvalue weighted by atomic mass is 10.1. The van der Waals surface area contributed by atoms with Crippen LogP contribution in [0.4, 0.5) is 0 Å². The van der Waals surface area contributed by atoms with Crippen LogP contribution < -0.4 is 4.74 Å². The van der Waals surface area contributed by atoms with E-state index >= 15 is 0 Å². The first-order valence-corrected chi connectivity index (χ1v) is 5.01. The molecule has 0 saturated heterocycles. The van der Waals surface area contributed by atoms with E-state index in [1.165, 1.54) is 14.0 Å². The van der Waals surface area contributed by atoms with E-state index in [9.17, 15) is 9.59 Å². The number of ketones is 1. The Labute approximate surface area is 95.6 Å². The third kappa shape index (κ3) is 2.12. The molecule has 0 bridgehead atoms. The lowest BCUT2D eigenvalue weighted by Crippen LogP contribution is -2.02. The molecular formula is C10H9IO3. The van der Waals surface area contributed by atoms with Crippen LogP contribution in [0.25, 0.3) is 0 Å². The fourth-order valence-electron chi connectivity index (χ4n) is 1.12. The van der Waals surface area contributed by atoms with Crippen molar-refractivity contribution in [1.82, 2.24) is 0 Å². The molecule has 0 fully saturated rings. The summed E-state index contributed by atoms with van der Waals surface area (Å²) in [6.45, 7) is 1.43. The molecule has 0 N–H and O–H groups in total. The van der Waals surface area contributed by atoms with Gasteiger partial charge in [-0.3, -0.25) is 9.59 Å². The molecule has 0 aliphatic carbocycles.